The Bertz CT molecular complexity index is 1040. The highest BCUT2D eigenvalue weighted by atomic mass is 35.5. The Kier molecular flexibility index (Phi) is 6.31. The maximum absolute atomic E-state index is 12.1. The zero-order chi connectivity index (χ0) is 20.8. The molecule has 8 heteroatoms. The van der Waals surface area contributed by atoms with Gasteiger partial charge in [-0.15, -0.1) is 0 Å². The maximum atomic E-state index is 12.1. The first-order chi connectivity index (χ1) is 14.0. The largest absolute Gasteiger partial charge is 0.495 e. The van der Waals surface area contributed by atoms with Crippen LogP contribution in [0.5, 0.6) is 5.75 Å². The minimum atomic E-state index is -0.907. The Morgan fingerprint density at radius 1 is 1.03 bits per heavy atom. The quantitative estimate of drug-likeness (QED) is 0.382. The molecule has 148 valence electrons. The molecule has 0 saturated heterocycles. The summed E-state index contributed by atoms with van der Waals surface area (Å²) in [4.78, 5) is 24.2. The number of anilines is 1. The molecule has 1 aromatic heterocycles. The van der Waals surface area contributed by atoms with E-state index in [0.717, 1.165) is 11.3 Å². The summed E-state index contributed by atoms with van der Waals surface area (Å²) in [5.74, 6) is -1.40. The monoisotopic (exact) mass is 410 g/mol. The lowest BCUT2D eigenvalue weighted by Gasteiger charge is -2.10. The van der Waals surface area contributed by atoms with Gasteiger partial charge in [-0.2, -0.15) is 5.10 Å². The zero-order valence-corrected chi connectivity index (χ0v) is 16.6. The third-order valence-electron chi connectivity index (χ3n) is 4.13. The molecule has 0 unspecified atom stereocenters. The number of nitrogens with one attached hydrogen (secondary N) is 2. The molecule has 0 aliphatic rings. The number of hydrogen-bond acceptors (Lipinski definition) is 4. The molecule has 0 spiro atoms. The normalized spacial score (nSPS) is 11.1. The molecule has 2 aromatic carbocycles. The molecule has 0 aliphatic heterocycles. The summed E-state index contributed by atoms with van der Waals surface area (Å²) >= 11 is 5.92. The summed E-state index contributed by atoms with van der Waals surface area (Å²) in [6.45, 7) is 1.74. The van der Waals surface area contributed by atoms with Gasteiger partial charge in [-0.3, -0.25) is 9.59 Å². The Hall–Kier alpha value is -3.58. The van der Waals surface area contributed by atoms with Crippen LogP contribution in [0.25, 0.3) is 5.69 Å². The average molecular weight is 411 g/mol. The van der Waals surface area contributed by atoms with Gasteiger partial charge in [-0.1, -0.05) is 23.7 Å². The van der Waals surface area contributed by atoms with Crippen molar-refractivity contribution in [1.29, 1.82) is 0 Å². The molecule has 0 fully saturated rings. The first kappa shape index (κ1) is 20.2. The number of methoxy groups -OCH3 is 1. The number of carbonyl (C=O) groups excluding carboxylic acids is 2. The Morgan fingerprint density at radius 3 is 2.38 bits per heavy atom. The van der Waals surface area contributed by atoms with E-state index in [9.17, 15) is 9.59 Å². The second-order valence-corrected chi connectivity index (χ2v) is 6.51. The number of hydrazone groups is 1. The zero-order valence-electron chi connectivity index (χ0n) is 15.8. The fraction of sp³-hybridized carbons (Fsp3) is 0.0952. The van der Waals surface area contributed by atoms with Crippen LogP contribution in [0.2, 0.25) is 5.02 Å². The predicted octanol–water partition coefficient (Wildman–Crippen LogP) is 3.62. The molecule has 1 heterocycles. The molecule has 0 radical (unpaired) electrons. The lowest BCUT2D eigenvalue weighted by molar-refractivity contribution is -0.136. The van der Waals surface area contributed by atoms with Crippen LogP contribution in [0.3, 0.4) is 0 Å². The van der Waals surface area contributed by atoms with Gasteiger partial charge in [0, 0.05) is 23.1 Å². The number of aromatic nitrogens is 1. The van der Waals surface area contributed by atoms with Crippen molar-refractivity contribution in [2.75, 3.05) is 12.4 Å². The average Bonchev–Trinajstić information content (AvgIpc) is 3.27. The minimum absolute atomic E-state index is 0.293. The minimum Gasteiger partial charge on any atom is -0.495 e. The van der Waals surface area contributed by atoms with E-state index in [0.29, 0.717) is 22.2 Å². The van der Waals surface area contributed by atoms with E-state index < -0.39 is 11.8 Å². The number of carbonyl (C=O) groups is 2. The number of rotatable bonds is 5. The van der Waals surface area contributed by atoms with Crippen molar-refractivity contribution in [3.63, 3.8) is 0 Å². The molecule has 0 atom stereocenters. The molecule has 0 aliphatic carbocycles. The van der Waals surface area contributed by atoms with Crippen molar-refractivity contribution in [2.45, 2.75) is 6.92 Å². The summed E-state index contributed by atoms with van der Waals surface area (Å²) in [7, 11) is 1.45. The highest BCUT2D eigenvalue weighted by molar-refractivity contribution is 6.40. The van der Waals surface area contributed by atoms with Crippen LogP contribution >= 0.6 is 11.6 Å². The number of benzene rings is 2. The standard InChI is InChI=1S/C21H19ClN4O3/c1-14(15-5-8-17(9-6-15)26-11-3-4-12-26)24-25-21(28)20(27)23-18-13-16(22)7-10-19(18)29-2/h3-13H,1-2H3,(H,23,27)(H,25,28)/b24-14+. The summed E-state index contributed by atoms with van der Waals surface area (Å²) < 4.78 is 7.12. The van der Waals surface area contributed by atoms with E-state index >= 15 is 0 Å². The van der Waals surface area contributed by atoms with Crippen molar-refractivity contribution in [3.8, 4) is 11.4 Å². The van der Waals surface area contributed by atoms with Gasteiger partial charge in [0.05, 0.1) is 18.5 Å². The van der Waals surface area contributed by atoms with Crippen molar-refractivity contribution >= 4 is 34.8 Å². The molecule has 3 aromatic rings. The third kappa shape index (κ3) is 5.03. The summed E-state index contributed by atoms with van der Waals surface area (Å²) in [6, 6.07) is 16.2. The van der Waals surface area contributed by atoms with Gasteiger partial charge in [-0.05, 0) is 55.0 Å². The van der Waals surface area contributed by atoms with Gasteiger partial charge in [0.15, 0.2) is 0 Å². The van der Waals surface area contributed by atoms with Gasteiger partial charge in [0.25, 0.3) is 0 Å². The van der Waals surface area contributed by atoms with E-state index in [4.69, 9.17) is 16.3 Å². The molecular formula is C21H19ClN4O3. The highest BCUT2D eigenvalue weighted by Crippen LogP contribution is 2.27. The summed E-state index contributed by atoms with van der Waals surface area (Å²) in [6.07, 6.45) is 3.90. The smallest absolute Gasteiger partial charge is 0.329 e. The second-order valence-electron chi connectivity index (χ2n) is 6.07. The van der Waals surface area contributed by atoms with Crippen molar-refractivity contribution < 1.29 is 14.3 Å². The molecule has 29 heavy (non-hydrogen) atoms. The van der Waals surface area contributed by atoms with Crippen LogP contribution in [0.1, 0.15) is 12.5 Å². The second kappa shape index (κ2) is 9.07. The Balaban J connectivity index is 1.63. The number of nitrogens with zero attached hydrogens (tertiary/aromatic N) is 2. The van der Waals surface area contributed by atoms with Crippen molar-refractivity contribution in [2.24, 2.45) is 5.10 Å². The van der Waals surface area contributed by atoms with E-state index in [-0.39, 0.29) is 0 Å². The van der Waals surface area contributed by atoms with E-state index in [1.54, 1.807) is 19.1 Å². The van der Waals surface area contributed by atoms with Gasteiger partial charge in [0.2, 0.25) is 0 Å². The molecule has 2 amide bonds. The highest BCUT2D eigenvalue weighted by Gasteiger charge is 2.16. The van der Waals surface area contributed by atoms with Crippen LogP contribution < -0.4 is 15.5 Å². The molecular weight excluding hydrogens is 392 g/mol. The lowest BCUT2D eigenvalue weighted by Crippen LogP contribution is -2.33. The van der Waals surface area contributed by atoms with Crippen LogP contribution in [0.4, 0.5) is 5.69 Å². The molecule has 2 N–H and O–H groups in total. The number of hydrogen-bond donors (Lipinski definition) is 2. The number of halogens is 1. The SMILES string of the molecule is COc1ccc(Cl)cc1NC(=O)C(=O)N/N=C(\C)c1ccc(-n2cccc2)cc1. The van der Waals surface area contributed by atoms with E-state index in [1.165, 1.54) is 13.2 Å². The number of ether oxygens (including phenoxy) is 1. The Labute approximate surface area is 172 Å². The lowest BCUT2D eigenvalue weighted by atomic mass is 10.1. The number of amides is 2. The first-order valence-electron chi connectivity index (χ1n) is 8.71. The maximum Gasteiger partial charge on any atom is 0.329 e. The van der Waals surface area contributed by atoms with Crippen LogP contribution in [-0.4, -0.2) is 29.2 Å². The Morgan fingerprint density at radius 2 is 1.72 bits per heavy atom. The molecule has 7 nitrogen and oxygen atoms in total. The predicted molar refractivity (Wildman–Crippen MR) is 113 cm³/mol. The summed E-state index contributed by atoms with van der Waals surface area (Å²) in [5, 5.41) is 6.86. The van der Waals surface area contributed by atoms with Gasteiger partial charge in [-0.25, -0.2) is 5.43 Å². The molecule has 0 bridgehead atoms. The third-order valence-corrected chi connectivity index (χ3v) is 4.36. The van der Waals surface area contributed by atoms with Gasteiger partial charge in [0.1, 0.15) is 5.75 Å². The van der Waals surface area contributed by atoms with E-state index in [1.807, 2.05) is 53.4 Å². The molecule has 0 saturated carbocycles. The first-order valence-corrected chi connectivity index (χ1v) is 9.08. The van der Waals surface area contributed by atoms with Gasteiger partial charge >= 0.3 is 11.8 Å². The fourth-order valence-corrected chi connectivity index (χ4v) is 2.76. The molecule has 3 rings (SSSR count). The van der Waals surface area contributed by atoms with Gasteiger partial charge < -0.3 is 14.6 Å². The van der Waals surface area contributed by atoms with Crippen LogP contribution in [-0.2, 0) is 9.59 Å². The van der Waals surface area contributed by atoms with Crippen molar-refractivity contribution in [3.05, 3.63) is 77.6 Å². The topological polar surface area (TPSA) is 84.7 Å². The van der Waals surface area contributed by atoms with E-state index in [2.05, 4.69) is 15.8 Å². The van der Waals surface area contributed by atoms with Crippen molar-refractivity contribution in [1.82, 2.24) is 9.99 Å². The summed E-state index contributed by atoms with van der Waals surface area (Å²) in [5.41, 5.74) is 4.93. The van der Waals surface area contributed by atoms with Crippen LogP contribution in [0.15, 0.2) is 72.1 Å². The fourth-order valence-electron chi connectivity index (χ4n) is 2.59. The van der Waals surface area contributed by atoms with Crippen LogP contribution in [0, 0.1) is 0 Å².